The number of aliphatic carboxylic acids is 3. The van der Waals surface area contributed by atoms with Crippen molar-refractivity contribution in [2.24, 2.45) is 0 Å². The summed E-state index contributed by atoms with van der Waals surface area (Å²) in [6.45, 7) is -0.349. The Kier molecular flexibility index (Phi) is 12.1. The number of hydrogen-bond donors (Lipinski definition) is 7. The number of nitrogens with zero attached hydrogens (tertiary/aromatic N) is 3. The molecule has 0 spiro atoms. The number of anilines is 1. The number of para-hydroxylation sites is 1. The molecule has 16 heteroatoms. The number of amides is 4. The van der Waals surface area contributed by atoms with Crippen LogP contribution in [0.1, 0.15) is 32.1 Å². The molecule has 2 atom stereocenters. The van der Waals surface area contributed by atoms with Crippen molar-refractivity contribution in [3.05, 3.63) is 30.5 Å². The number of urea groups is 2. The number of aromatic nitrogens is 3. The van der Waals surface area contributed by atoms with Gasteiger partial charge in [-0.3, -0.25) is 4.79 Å². The fraction of sp³-hybridized carbons (Fsp3) is 0.435. The van der Waals surface area contributed by atoms with E-state index in [9.17, 15) is 33.5 Å². The zero-order chi connectivity index (χ0) is 28.8. The first-order valence-electron chi connectivity index (χ1n) is 12.0. The van der Waals surface area contributed by atoms with Crippen LogP contribution in [0.4, 0.5) is 19.7 Å². The Bertz CT molecular complexity index is 1160. The van der Waals surface area contributed by atoms with Crippen molar-refractivity contribution in [1.82, 2.24) is 30.9 Å². The van der Waals surface area contributed by atoms with Crippen LogP contribution >= 0.6 is 0 Å². The van der Waals surface area contributed by atoms with Crippen LogP contribution in [0.25, 0.3) is 11.3 Å². The third-order valence-corrected chi connectivity index (χ3v) is 5.36. The quantitative estimate of drug-likeness (QED) is 0.148. The smallest absolute Gasteiger partial charge is 0.326 e. The van der Waals surface area contributed by atoms with Gasteiger partial charge in [-0.2, -0.15) is 0 Å². The molecule has 2 aromatic rings. The van der Waals surface area contributed by atoms with Crippen molar-refractivity contribution < 1.29 is 43.7 Å². The summed E-state index contributed by atoms with van der Waals surface area (Å²) in [5.41, 5.74) is 1.48. The van der Waals surface area contributed by atoms with Crippen molar-refractivity contribution in [2.75, 3.05) is 18.5 Å². The normalized spacial score (nSPS) is 12.1. The van der Waals surface area contributed by atoms with Crippen LogP contribution in [0.15, 0.2) is 30.5 Å². The van der Waals surface area contributed by atoms with Gasteiger partial charge in [-0.05, 0) is 31.7 Å². The molecule has 0 bridgehead atoms. The predicted molar refractivity (Wildman–Crippen MR) is 134 cm³/mol. The standard InChI is InChI=1S/C23H30FN7O8/c24-10-12-31-13-18(29-30-31)14-5-1-2-6-15(14)26-22(38)25-11-4-3-7-16(20(34)35)27-23(39)28-17(21(36)37)8-9-19(32)33/h1-2,5-6,13,16-17H,3-4,7-12H2,(H,32,33)(H,34,35)(H,36,37)(H2,25,26,38)(H2,27,28,39). The number of halogens is 1. The molecule has 39 heavy (non-hydrogen) atoms. The molecular formula is C23H30FN7O8. The van der Waals surface area contributed by atoms with Gasteiger partial charge in [-0.15, -0.1) is 5.10 Å². The second kappa shape index (κ2) is 15.5. The zero-order valence-corrected chi connectivity index (χ0v) is 20.8. The highest BCUT2D eigenvalue weighted by atomic mass is 19.1. The molecule has 0 aliphatic carbocycles. The van der Waals surface area contributed by atoms with Crippen molar-refractivity contribution in [3.8, 4) is 11.3 Å². The molecule has 0 aliphatic rings. The first kappa shape index (κ1) is 30.5. The molecule has 212 valence electrons. The number of carbonyl (C=O) groups is 5. The van der Waals surface area contributed by atoms with Gasteiger partial charge >= 0.3 is 30.0 Å². The van der Waals surface area contributed by atoms with Crippen LogP contribution < -0.4 is 21.3 Å². The van der Waals surface area contributed by atoms with Gasteiger partial charge in [0.25, 0.3) is 0 Å². The average Bonchev–Trinajstić information content (AvgIpc) is 3.34. The largest absolute Gasteiger partial charge is 0.481 e. The minimum atomic E-state index is -1.49. The Balaban J connectivity index is 1.79. The molecule has 1 aromatic carbocycles. The third-order valence-electron chi connectivity index (χ3n) is 5.36. The van der Waals surface area contributed by atoms with Gasteiger partial charge in [0.05, 0.1) is 18.4 Å². The fourth-order valence-corrected chi connectivity index (χ4v) is 3.42. The number of carboxylic acid groups (broad SMARTS) is 3. The lowest BCUT2D eigenvalue weighted by atomic mass is 10.1. The molecule has 7 N–H and O–H groups in total. The molecule has 1 aromatic heterocycles. The van der Waals surface area contributed by atoms with E-state index < -0.39 is 55.1 Å². The number of carbonyl (C=O) groups excluding carboxylic acids is 2. The Morgan fingerprint density at radius 3 is 2.23 bits per heavy atom. The number of hydrogen-bond acceptors (Lipinski definition) is 7. The van der Waals surface area contributed by atoms with E-state index in [-0.39, 0.29) is 25.9 Å². The average molecular weight is 552 g/mol. The fourth-order valence-electron chi connectivity index (χ4n) is 3.42. The lowest BCUT2D eigenvalue weighted by Gasteiger charge is -2.18. The van der Waals surface area contributed by atoms with Crippen LogP contribution in [0.5, 0.6) is 0 Å². The summed E-state index contributed by atoms with van der Waals surface area (Å²) < 4.78 is 13.9. The highest BCUT2D eigenvalue weighted by Crippen LogP contribution is 2.25. The Hall–Kier alpha value is -4.76. The maximum atomic E-state index is 12.5. The number of nitrogens with one attached hydrogen (secondary N) is 4. The van der Waals surface area contributed by atoms with Crippen LogP contribution in [0, 0.1) is 0 Å². The molecule has 0 aliphatic heterocycles. The molecule has 2 unspecified atom stereocenters. The van der Waals surface area contributed by atoms with E-state index in [0.29, 0.717) is 29.8 Å². The second-order valence-corrected chi connectivity index (χ2v) is 8.31. The van der Waals surface area contributed by atoms with E-state index in [1.165, 1.54) is 4.68 Å². The molecule has 1 heterocycles. The number of benzene rings is 1. The van der Waals surface area contributed by atoms with E-state index >= 15 is 0 Å². The summed E-state index contributed by atoms with van der Waals surface area (Å²) in [5.74, 6) is -4.03. The van der Waals surface area contributed by atoms with Gasteiger partial charge in [-0.25, -0.2) is 28.3 Å². The molecule has 2 rings (SSSR count). The lowest BCUT2D eigenvalue weighted by molar-refractivity contribution is -0.140. The summed E-state index contributed by atoms with van der Waals surface area (Å²) in [5, 5.41) is 44.5. The highest BCUT2D eigenvalue weighted by molar-refractivity contribution is 5.93. The molecule has 4 amide bonds. The monoisotopic (exact) mass is 551 g/mol. The maximum absolute atomic E-state index is 12.5. The van der Waals surface area contributed by atoms with Crippen molar-refractivity contribution in [3.63, 3.8) is 0 Å². The first-order valence-corrected chi connectivity index (χ1v) is 12.0. The third kappa shape index (κ3) is 10.6. The summed E-state index contributed by atoms with van der Waals surface area (Å²) in [4.78, 5) is 57.7. The molecule has 15 nitrogen and oxygen atoms in total. The van der Waals surface area contributed by atoms with Crippen molar-refractivity contribution >= 4 is 35.7 Å². The second-order valence-electron chi connectivity index (χ2n) is 8.31. The van der Waals surface area contributed by atoms with Gasteiger partial charge < -0.3 is 36.6 Å². The number of carboxylic acids is 3. The van der Waals surface area contributed by atoms with E-state index in [1.54, 1.807) is 30.5 Å². The van der Waals surface area contributed by atoms with E-state index in [2.05, 4.69) is 31.6 Å². The molecule has 0 radical (unpaired) electrons. The molecule has 0 saturated carbocycles. The van der Waals surface area contributed by atoms with Crippen molar-refractivity contribution in [1.29, 1.82) is 0 Å². The minimum absolute atomic E-state index is 0.00368. The van der Waals surface area contributed by atoms with Crippen molar-refractivity contribution in [2.45, 2.75) is 50.7 Å². The Labute approximate surface area is 221 Å². The zero-order valence-electron chi connectivity index (χ0n) is 20.8. The summed E-state index contributed by atoms with van der Waals surface area (Å²) in [6.07, 6.45) is 1.36. The van der Waals surface area contributed by atoms with Gasteiger partial charge in [-0.1, -0.05) is 23.4 Å². The molecular weight excluding hydrogens is 521 g/mol. The van der Waals surface area contributed by atoms with E-state index in [1.807, 2.05) is 0 Å². The number of alkyl halides is 1. The summed E-state index contributed by atoms with van der Waals surface area (Å²) >= 11 is 0. The molecule has 0 fully saturated rings. The van der Waals surface area contributed by atoms with Gasteiger partial charge in [0, 0.05) is 18.5 Å². The topological polar surface area (TPSA) is 225 Å². The number of rotatable bonds is 16. The minimum Gasteiger partial charge on any atom is -0.481 e. The van der Waals surface area contributed by atoms with E-state index in [4.69, 9.17) is 10.2 Å². The SMILES string of the molecule is O=C(O)CCC(NC(=O)NC(CCCCNC(=O)Nc1ccccc1-c1cn(CCF)nn1)C(=O)O)C(=O)O. The van der Waals surface area contributed by atoms with Crippen LogP contribution in [0.3, 0.4) is 0 Å². The Morgan fingerprint density at radius 2 is 1.59 bits per heavy atom. The summed E-state index contributed by atoms with van der Waals surface area (Å²) in [7, 11) is 0. The first-order chi connectivity index (χ1) is 18.6. The van der Waals surface area contributed by atoms with Crippen LogP contribution in [0.2, 0.25) is 0 Å². The highest BCUT2D eigenvalue weighted by Gasteiger charge is 2.24. The van der Waals surface area contributed by atoms with Crippen LogP contribution in [-0.4, -0.2) is 85.6 Å². The van der Waals surface area contributed by atoms with Gasteiger partial charge in [0.15, 0.2) is 0 Å². The predicted octanol–water partition coefficient (Wildman–Crippen LogP) is 1.28. The lowest BCUT2D eigenvalue weighted by Crippen LogP contribution is -2.51. The van der Waals surface area contributed by atoms with E-state index in [0.717, 1.165) is 0 Å². The summed E-state index contributed by atoms with van der Waals surface area (Å²) in [6, 6.07) is 2.44. The maximum Gasteiger partial charge on any atom is 0.326 e. The molecule has 0 saturated heterocycles. The van der Waals surface area contributed by atoms with Gasteiger partial charge in [0.1, 0.15) is 24.5 Å². The van der Waals surface area contributed by atoms with Crippen LogP contribution in [-0.2, 0) is 20.9 Å². The number of unbranched alkanes of at least 4 members (excludes halogenated alkanes) is 1. The Morgan fingerprint density at radius 1 is 0.923 bits per heavy atom. The van der Waals surface area contributed by atoms with Gasteiger partial charge in [0.2, 0.25) is 0 Å². The number of aryl methyl sites for hydroxylation is 1.